The van der Waals surface area contributed by atoms with E-state index in [-0.39, 0.29) is 21.1 Å². The third-order valence-electron chi connectivity index (χ3n) is 1.29. The minimum atomic E-state index is -2.51. The third kappa shape index (κ3) is 5.76. The van der Waals surface area contributed by atoms with E-state index in [2.05, 4.69) is 6.58 Å². The molecule has 0 N–H and O–H groups in total. The van der Waals surface area contributed by atoms with Gasteiger partial charge in [-0.3, -0.25) is 0 Å². The molecule has 0 bridgehead atoms. The molecule has 0 aromatic carbocycles. The fraction of sp³-hybridized carbons (Fsp3) is 0.750. The van der Waals surface area contributed by atoms with Gasteiger partial charge in [0.15, 0.2) is 0 Å². The van der Waals surface area contributed by atoms with E-state index in [1.54, 1.807) is 5.70 Å². The van der Waals surface area contributed by atoms with Crippen molar-refractivity contribution in [2.45, 2.75) is 20.8 Å². The van der Waals surface area contributed by atoms with Crippen LogP contribution in [-0.4, -0.2) is 28.6 Å². The topological polar surface area (TPSA) is 27.7 Å². The Hall–Kier alpha value is 0.525. The van der Waals surface area contributed by atoms with E-state index in [0.29, 0.717) is 19.8 Å². The summed E-state index contributed by atoms with van der Waals surface area (Å²) in [5.41, 5.74) is 1.67. The van der Waals surface area contributed by atoms with Gasteiger partial charge in [-0.15, -0.1) is 0 Å². The van der Waals surface area contributed by atoms with Gasteiger partial charge in [-0.25, -0.2) is 0 Å². The third-order valence-corrected chi connectivity index (χ3v) is 3.86. The van der Waals surface area contributed by atoms with E-state index < -0.39 is 8.80 Å². The van der Waals surface area contributed by atoms with Gasteiger partial charge in [0.2, 0.25) is 0 Å². The average Bonchev–Trinajstić information content (AvgIpc) is 2.06. The second-order valence-electron chi connectivity index (χ2n) is 2.11. The van der Waals surface area contributed by atoms with Crippen LogP contribution in [0, 0.1) is 0 Å². The van der Waals surface area contributed by atoms with Crippen LogP contribution in [0.25, 0.3) is 0 Å². The smallest absolute Gasteiger partial charge is 0.371 e. The Balaban J connectivity index is 0. The Kier molecular flexibility index (Phi) is 11.2. The first-order valence-electron chi connectivity index (χ1n) is 4.30. The first kappa shape index (κ1) is 16.0. The largest absolute Gasteiger partial charge is 0.528 e. The predicted octanol–water partition coefficient (Wildman–Crippen LogP) is 1.76. The molecule has 0 aliphatic rings. The SMILES string of the molecule is C=C[Si](OCC)(OCC)OCC.[Pt]. The molecule has 0 aliphatic carbocycles. The summed E-state index contributed by atoms with van der Waals surface area (Å²) in [6.45, 7) is 11.2. The van der Waals surface area contributed by atoms with Crippen LogP contribution in [0.5, 0.6) is 0 Å². The number of hydrogen-bond donors (Lipinski definition) is 0. The van der Waals surface area contributed by atoms with E-state index in [1.165, 1.54) is 0 Å². The zero-order valence-corrected chi connectivity index (χ0v) is 11.7. The van der Waals surface area contributed by atoms with E-state index in [9.17, 15) is 0 Å². The molecule has 0 aliphatic heterocycles. The maximum atomic E-state index is 5.44. The molecule has 3 nitrogen and oxygen atoms in total. The normalized spacial score (nSPS) is 10.7. The summed E-state index contributed by atoms with van der Waals surface area (Å²) in [4.78, 5) is 0. The summed E-state index contributed by atoms with van der Waals surface area (Å²) in [5.74, 6) is 0. The molecule has 0 unspecified atom stereocenters. The molecule has 0 radical (unpaired) electrons. The van der Waals surface area contributed by atoms with Gasteiger partial charge >= 0.3 is 8.80 Å². The van der Waals surface area contributed by atoms with Crippen LogP contribution >= 0.6 is 0 Å². The molecule has 0 aromatic rings. The van der Waals surface area contributed by atoms with Crippen LogP contribution in [0.2, 0.25) is 0 Å². The Morgan fingerprint density at radius 1 is 1.00 bits per heavy atom. The van der Waals surface area contributed by atoms with Gasteiger partial charge in [0.05, 0.1) is 0 Å². The molecule has 13 heavy (non-hydrogen) atoms. The van der Waals surface area contributed by atoms with E-state index >= 15 is 0 Å². The molecule has 0 fully saturated rings. The van der Waals surface area contributed by atoms with Gasteiger partial charge in [0.25, 0.3) is 0 Å². The maximum absolute atomic E-state index is 5.44. The molecular weight excluding hydrogens is 367 g/mol. The summed E-state index contributed by atoms with van der Waals surface area (Å²) >= 11 is 0. The fourth-order valence-corrected chi connectivity index (χ4v) is 2.72. The molecule has 0 amide bonds. The van der Waals surface area contributed by atoms with Crippen molar-refractivity contribution in [2.75, 3.05) is 19.8 Å². The molecule has 5 heteroatoms. The summed E-state index contributed by atoms with van der Waals surface area (Å²) in [6.07, 6.45) is 0. The molecule has 0 saturated heterocycles. The van der Waals surface area contributed by atoms with Crippen molar-refractivity contribution >= 4 is 8.80 Å². The summed E-state index contributed by atoms with van der Waals surface area (Å²) in [5, 5.41) is 0. The Bertz CT molecular complexity index is 116. The average molecular weight is 385 g/mol. The van der Waals surface area contributed by atoms with Crippen molar-refractivity contribution in [3.63, 3.8) is 0 Å². The van der Waals surface area contributed by atoms with Crippen LogP contribution in [0.4, 0.5) is 0 Å². The van der Waals surface area contributed by atoms with E-state index in [4.69, 9.17) is 13.3 Å². The predicted molar refractivity (Wildman–Crippen MR) is 50.8 cm³/mol. The van der Waals surface area contributed by atoms with Gasteiger partial charge in [-0.05, 0) is 26.5 Å². The van der Waals surface area contributed by atoms with Crippen LogP contribution in [-0.2, 0) is 34.3 Å². The van der Waals surface area contributed by atoms with E-state index in [0.717, 1.165) is 0 Å². The summed E-state index contributed by atoms with van der Waals surface area (Å²) < 4.78 is 16.3. The molecule has 0 aromatic heterocycles. The summed E-state index contributed by atoms with van der Waals surface area (Å²) in [7, 11) is -2.51. The number of hydrogen-bond acceptors (Lipinski definition) is 3. The Labute approximate surface area is 96.1 Å². The van der Waals surface area contributed by atoms with Crippen molar-refractivity contribution in [3.8, 4) is 0 Å². The number of rotatable bonds is 7. The quantitative estimate of drug-likeness (QED) is 0.625. The first-order chi connectivity index (χ1) is 5.74. The van der Waals surface area contributed by atoms with Crippen LogP contribution < -0.4 is 0 Å². The van der Waals surface area contributed by atoms with Gasteiger partial charge in [0.1, 0.15) is 0 Å². The monoisotopic (exact) mass is 385 g/mol. The van der Waals surface area contributed by atoms with Gasteiger partial charge in [-0.1, -0.05) is 6.58 Å². The van der Waals surface area contributed by atoms with Gasteiger partial charge in [0, 0.05) is 40.9 Å². The van der Waals surface area contributed by atoms with Crippen molar-refractivity contribution in [1.82, 2.24) is 0 Å². The van der Waals surface area contributed by atoms with Crippen molar-refractivity contribution in [2.24, 2.45) is 0 Å². The van der Waals surface area contributed by atoms with Crippen LogP contribution in [0.1, 0.15) is 20.8 Å². The molecule has 0 spiro atoms. The molecular formula is C8H18O3PtSi. The Morgan fingerprint density at radius 3 is 1.46 bits per heavy atom. The van der Waals surface area contributed by atoms with Crippen molar-refractivity contribution in [1.29, 1.82) is 0 Å². The standard InChI is InChI=1S/C8H18O3Si.Pt/c1-5-9-12(8-4,10-6-2)11-7-3;/h8H,4-7H2,1-3H3;. The minimum Gasteiger partial charge on any atom is -0.371 e. The maximum Gasteiger partial charge on any atom is 0.528 e. The zero-order chi connectivity index (χ0) is 9.45. The van der Waals surface area contributed by atoms with Crippen LogP contribution in [0.3, 0.4) is 0 Å². The van der Waals surface area contributed by atoms with Crippen molar-refractivity contribution < 1.29 is 34.3 Å². The van der Waals surface area contributed by atoms with Crippen LogP contribution in [0.15, 0.2) is 12.3 Å². The fourth-order valence-electron chi connectivity index (χ4n) is 0.905. The molecule has 0 atom stereocenters. The van der Waals surface area contributed by atoms with Crippen molar-refractivity contribution in [3.05, 3.63) is 12.3 Å². The van der Waals surface area contributed by atoms with E-state index in [1.807, 2.05) is 20.8 Å². The van der Waals surface area contributed by atoms with Gasteiger partial charge in [-0.2, -0.15) is 0 Å². The molecule has 82 valence electrons. The molecule has 0 saturated carbocycles. The van der Waals surface area contributed by atoms with Gasteiger partial charge < -0.3 is 13.3 Å². The zero-order valence-electron chi connectivity index (χ0n) is 8.45. The second kappa shape index (κ2) is 9.09. The second-order valence-corrected chi connectivity index (χ2v) is 4.59. The first-order valence-corrected chi connectivity index (χ1v) is 6.10. The Morgan fingerprint density at radius 2 is 1.31 bits per heavy atom. The molecule has 0 rings (SSSR count). The minimum absolute atomic E-state index is 0. The summed E-state index contributed by atoms with van der Waals surface area (Å²) in [6, 6.07) is 0. The molecule has 0 heterocycles.